The van der Waals surface area contributed by atoms with Gasteiger partial charge in [0.15, 0.2) is 15.3 Å². The lowest BCUT2D eigenvalue weighted by Crippen LogP contribution is -2.25. The first-order valence-electron chi connectivity index (χ1n) is 8.44. The van der Waals surface area contributed by atoms with Crippen LogP contribution < -0.4 is 4.74 Å². The van der Waals surface area contributed by atoms with E-state index in [1.54, 1.807) is 49.4 Å². The van der Waals surface area contributed by atoms with E-state index in [2.05, 4.69) is 0 Å². The molecule has 3 atom stereocenters. The van der Waals surface area contributed by atoms with E-state index in [4.69, 9.17) is 9.47 Å². The molecule has 3 rings (SSSR count). The topological polar surface area (TPSA) is 93.5 Å². The van der Waals surface area contributed by atoms with Crippen molar-refractivity contribution in [2.45, 2.75) is 23.0 Å². The van der Waals surface area contributed by atoms with Gasteiger partial charge in [0, 0.05) is 5.92 Å². The molecule has 0 radical (unpaired) electrons. The molecule has 0 aromatic heterocycles. The number of carbonyl (C=O) groups is 1. The molecule has 0 bridgehead atoms. The number of nitrogens with zero attached hydrogens (tertiary/aromatic N) is 1. The van der Waals surface area contributed by atoms with Crippen LogP contribution in [0, 0.1) is 16.7 Å². The highest BCUT2D eigenvalue weighted by Crippen LogP contribution is 2.64. The fraction of sp³-hybridized carbons (Fsp3) is 0.300. The Morgan fingerprint density at radius 1 is 1.15 bits per heavy atom. The number of carbonyl (C=O) groups excluding carboxylic acids is 1. The highest BCUT2D eigenvalue weighted by molar-refractivity contribution is 7.92. The number of rotatable bonds is 6. The number of ether oxygens (including phenoxy) is 2. The second-order valence-corrected chi connectivity index (χ2v) is 8.30. The molecule has 6 nitrogen and oxygen atoms in total. The number of esters is 1. The molecule has 3 unspecified atom stereocenters. The minimum Gasteiger partial charge on any atom is -0.497 e. The zero-order valence-electron chi connectivity index (χ0n) is 15.0. The summed E-state index contributed by atoms with van der Waals surface area (Å²) in [5.74, 6) is -1.02. The van der Waals surface area contributed by atoms with E-state index in [0.717, 1.165) is 0 Å². The molecule has 2 aromatic rings. The van der Waals surface area contributed by atoms with E-state index in [9.17, 15) is 18.5 Å². The van der Waals surface area contributed by atoms with Crippen LogP contribution in [0.15, 0.2) is 59.5 Å². The van der Waals surface area contributed by atoms with Crippen molar-refractivity contribution in [1.82, 2.24) is 0 Å². The third-order valence-electron chi connectivity index (χ3n) is 4.81. The molecule has 2 aromatic carbocycles. The molecular formula is C20H19NO5S. The van der Waals surface area contributed by atoms with Gasteiger partial charge in [-0.3, -0.25) is 4.79 Å². The average Bonchev–Trinajstić information content (AvgIpc) is 3.40. The Labute approximate surface area is 158 Å². The summed E-state index contributed by atoms with van der Waals surface area (Å²) in [6.45, 7) is 1.68. The van der Waals surface area contributed by atoms with Crippen molar-refractivity contribution in [1.29, 1.82) is 5.26 Å². The fourth-order valence-corrected chi connectivity index (χ4v) is 5.72. The maximum Gasteiger partial charge on any atom is 0.328 e. The molecule has 27 heavy (non-hydrogen) atoms. The summed E-state index contributed by atoms with van der Waals surface area (Å²) in [4.78, 5) is 12.7. The zero-order valence-corrected chi connectivity index (χ0v) is 15.8. The molecule has 140 valence electrons. The second kappa shape index (κ2) is 7.05. The van der Waals surface area contributed by atoms with Gasteiger partial charge in [0.05, 0.1) is 24.7 Å². The SMILES string of the molecule is CCOC(=O)C1(C#N)C(c2ccc(OC)cc2)C1S(=O)(=O)c1ccccc1. The Kier molecular flexibility index (Phi) is 4.94. The monoisotopic (exact) mass is 385 g/mol. The third kappa shape index (κ3) is 2.96. The second-order valence-electron chi connectivity index (χ2n) is 6.23. The fourth-order valence-electron chi connectivity index (χ4n) is 3.46. The third-order valence-corrected chi connectivity index (χ3v) is 7.05. The quantitative estimate of drug-likeness (QED) is 0.710. The molecule has 1 aliphatic carbocycles. The minimum absolute atomic E-state index is 0.0652. The van der Waals surface area contributed by atoms with Gasteiger partial charge in [-0.05, 0) is 36.8 Å². The van der Waals surface area contributed by atoms with E-state index in [0.29, 0.717) is 11.3 Å². The van der Waals surface area contributed by atoms with E-state index < -0.39 is 32.4 Å². The van der Waals surface area contributed by atoms with Crippen molar-refractivity contribution in [3.8, 4) is 11.8 Å². The van der Waals surface area contributed by atoms with Crippen LogP contribution >= 0.6 is 0 Å². The van der Waals surface area contributed by atoms with E-state index in [1.807, 2.05) is 6.07 Å². The molecule has 0 aliphatic heterocycles. The summed E-state index contributed by atoms with van der Waals surface area (Å²) in [6.07, 6.45) is 0. The average molecular weight is 385 g/mol. The van der Waals surface area contributed by atoms with Crippen LogP contribution in [-0.2, 0) is 19.4 Å². The first-order chi connectivity index (χ1) is 12.9. The van der Waals surface area contributed by atoms with Crippen LogP contribution in [-0.4, -0.2) is 33.4 Å². The van der Waals surface area contributed by atoms with E-state index in [-0.39, 0.29) is 11.5 Å². The Bertz CT molecular complexity index is 979. The molecular weight excluding hydrogens is 366 g/mol. The van der Waals surface area contributed by atoms with Gasteiger partial charge in [-0.1, -0.05) is 30.3 Å². The normalized spacial score (nSPS) is 23.9. The lowest BCUT2D eigenvalue weighted by molar-refractivity contribution is -0.147. The lowest BCUT2D eigenvalue weighted by atomic mass is 10.0. The van der Waals surface area contributed by atoms with Crippen molar-refractivity contribution in [3.63, 3.8) is 0 Å². The largest absolute Gasteiger partial charge is 0.497 e. The van der Waals surface area contributed by atoms with Gasteiger partial charge in [-0.2, -0.15) is 5.26 Å². The van der Waals surface area contributed by atoms with Crippen LogP contribution in [0.1, 0.15) is 18.4 Å². The van der Waals surface area contributed by atoms with Crippen LogP contribution in [0.5, 0.6) is 5.75 Å². The molecule has 0 N–H and O–H groups in total. The van der Waals surface area contributed by atoms with Gasteiger partial charge < -0.3 is 9.47 Å². The van der Waals surface area contributed by atoms with Crippen LogP contribution in [0.2, 0.25) is 0 Å². The predicted molar refractivity (Wildman–Crippen MR) is 97.8 cm³/mol. The Morgan fingerprint density at radius 3 is 2.30 bits per heavy atom. The summed E-state index contributed by atoms with van der Waals surface area (Å²) < 4.78 is 36.6. The standard InChI is InChI=1S/C20H19NO5S/c1-3-26-19(22)20(13-21)17(14-9-11-15(25-2)12-10-14)18(20)27(23,24)16-7-5-4-6-8-16/h4-12,17-18H,3H2,1-2H3. The van der Waals surface area contributed by atoms with Gasteiger partial charge >= 0.3 is 5.97 Å². The Hall–Kier alpha value is -2.85. The Morgan fingerprint density at radius 2 is 1.78 bits per heavy atom. The lowest BCUT2D eigenvalue weighted by Gasteiger charge is -2.09. The number of nitriles is 1. The van der Waals surface area contributed by atoms with Crippen molar-refractivity contribution in [2.24, 2.45) is 5.41 Å². The van der Waals surface area contributed by atoms with Gasteiger partial charge in [-0.25, -0.2) is 8.42 Å². The number of hydrogen-bond acceptors (Lipinski definition) is 6. The first kappa shape index (κ1) is 18.9. The number of benzene rings is 2. The maximum absolute atomic E-state index is 13.2. The smallest absolute Gasteiger partial charge is 0.328 e. The summed E-state index contributed by atoms with van der Waals surface area (Å²) in [7, 11) is -2.40. The highest BCUT2D eigenvalue weighted by Gasteiger charge is 2.77. The highest BCUT2D eigenvalue weighted by atomic mass is 32.2. The summed E-state index contributed by atoms with van der Waals surface area (Å²) in [6, 6.07) is 16.5. The maximum atomic E-state index is 13.2. The molecule has 0 heterocycles. The number of hydrogen-bond donors (Lipinski definition) is 0. The molecule has 7 heteroatoms. The van der Waals surface area contributed by atoms with Gasteiger partial charge in [-0.15, -0.1) is 0 Å². The minimum atomic E-state index is -3.92. The molecule has 0 spiro atoms. The van der Waals surface area contributed by atoms with Crippen molar-refractivity contribution < 1.29 is 22.7 Å². The van der Waals surface area contributed by atoms with Crippen molar-refractivity contribution >= 4 is 15.8 Å². The Balaban J connectivity index is 2.11. The van der Waals surface area contributed by atoms with Crippen LogP contribution in [0.4, 0.5) is 0 Å². The van der Waals surface area contributed by atoms with E-state index >= 15 is 0 Å². The molecule has 0 amide bonds. The van der Waals surface area contributed by atoms with Crippen LogP contribution in [0.3, 0.4) is 0 Å². The molecule has 0 saturated heterocycles. The number of sulfone groups is 1. The van der Waals surface area contributed by atoms with Crippen molar-refractivity contribution in [3.05, 3.63) is 60.2 Å². The first-order valence-corrected chi connectivity index (χ1v) is 9.99. The zero-order chi connectivity index (χ0) is 19.7. The summed E-state index contributed by atoms with van der Waals surface area (Å²) in [5, 5.41) is 8.62. The summed E-state index contributed by atoms with van der Waals surface area (Å²) >= 11 is 0. The van der Waals surface area contributed by atoms with E-state index in [1.165, 1.54) is 19.2 Å². The van der Waals surface area contributed by atoms with Gasteiger partial charge in [0.25, 0.3) is 0 Å². The van der Waals surface area contributed by atoms with Gasteiger partial charge in [0.1, 0.15) is 11.0 Å². The van der Waals surface area contributed by atoms with Crippen LogP contribution in [0.25, 0.3) is 0 Å². The molecule has 1 aliphatic rings. The predicted octanol–water partition coefficient (Wildman–Crippen LogP) is 2.71. The molecule has 1 saturated carbocycles. The number of methoxy groups -OCH3 is 1. The van der Waals surface area contributed by atoms with Gasteiger partial charge in [0.2, 0.25) is 0 Å². The van der Waals surface area contributed by atoms with Crippen molar-refractivity contribution in [2.75, 3.05) is 13.7 Å². The molecule has 1 fully saturated rings. The summed E-state index contributed by atoms with van der Waals surface area (Å²) in [5.41, 5.74) is -1.19.